The van der Waals surface area contributed by atoms with Crippen LogP contribution in [0.5, 0.6) is 0 Å². The maximum absolute atomic E-state index is 5.47. The first kappa shape index (κ1) is 6.96. The third-order valence-corrected chi connectivity index (χ3v) is 0.970. The Hall–Kier alpha value is -0.0400. The van der Waals surface area contributed by atoms with E-state index in [2.05, 4.69) is 12.2 Å². The molecule has 0 heterocycles. The SMILES string of the molecule is [CH][C@H](CCC)NC. The molecule has 0 aromatic rings. The molecular formula is C6H13N. The molecule has 1 atom stereocenters. The minimum Gasteiger partial charge on any atom is -0.317 e. The Labute approximate surface area is 46.1 Å². The third kappa shape index (κ3) is 3.80. The summed E-state index contributed by atoms with van der Waals surface area (Å²) >= 11 is 0. The zero-order valence-electron chi connectivity index (χ0n) is 5.07. The molecule has 0 saturated heterocycles. The Morgan fingerprint density at radius 3 is 2.43 bits per heavy atom. The third-order valence-electron chi connectivity index (χ3n) is 0.970. The summed E-state index contributed by atoms with van der Waals surface area (Å²) in [5.74, 6) is 0. The lowest BCUT2D eigenvalue weighted by molar-refractivity contribution is 0.601. The van der Waals surface area contributed by atoms with Gasteiger partial charge in [0.1, 0.15) is 0 Å². The fourth-order valence-electron chi connectivity index (χ4n) is 0.455. The molecule has 0 fully saturated rings. The first-order chi connectivity index (χ1) is 3.31. The number of rotatable bonds is 3. The van der Waals surface area contributed by atoms with Gasteiger partial charge in [-0.15, -0.1) is 0 Å². The second kappa shape index (κ2) is 4.13. The molecule has 0 amide bonds. The molecule has 2 radical (unpaired) electrons. The minimum atomic E-state index is 0.199. The molecule has 1 heteroatoms. The molecule has 1 N–H and O–H groups in total. The predicted octanol–water partition coefficient (Wildman–Crippen LogP) is 1.09. The monoisotopic (exact) mass is 99.1 g/mol. The van der Waals surface area contributed by atoms with Crippen LogP contribution >= 0.6 is 0 Å². The highest BCUT2D eigenvalue weighted by Crippen LogP contribution is 1.91. The predicted molar refractivity (Wildman–Crippen MR) is 32.1 cm³/mol. The number of hydrogen-bond acceptors (Lipinski definition) is 1. The molecule has 0 aliphatic rings. The van der Waals surface area contributed by atoms with Gasteiger partial charge >= 0.3 is 0 Å². The van der Waals surface area contributed by atoms with E-state index in [1.807, 2.05) is 7.05 Å². The van der Waals surface area contributed by atoms with Gasteiger partial charge in [-0.2, -0.15) is 0 Å². The van der Waals surface area contributed by atoms with Crippen LogP contribution in [-0.2, 0) is 0 Å². The minimum absolute atomic E-state index is 0.199. The van der Waals surface area contributed by atoms with Crippen molar-refractivity contribution >= 4 is 0 Å². The quantitative estimate of drug-likeness (QED) is 0.558. The van der Waals surface area contributed by atoms with Crippen molar-refractivity contribution < 1.29 is 0 Å². The van der Waals surface area contributed by atoms with Gasteiger partial charge in [0, 0.05) is 6.04 Å². The van der Waals surface area contributed by atoms with Crippen LogP contribution in [0.1, 0.15) is 19.8 Å². The van der Waals surface area contributed by atoms with Crippen LogP contribution in [0.4, 0.5) is 0 Å². The maximum Gasteiger partial charge on any atom is 0.00989 e. The van der Waals surface area contributed by atoms with E-state index >= 15 is 0 Å². The van der Waals surface area contributed by atoms with Crippen LogP contribution in [0.15, 0.2) is 0 Å². The molecule has 0 aliphatic heterocycles. The van der Waals surface area contributed by atoms with Crippen LogP contribution in [0.3, 0.4) is 0 Å². The summed E-state index contributed by atoms with van der Waals surface area (Å²) in [7, 11) is 1.88. The van der Waals surface area contributed by atoms with Crippen LogP contribution in [-0.4, -0.2) is 13.1 Å². The van der Waals surface area contributed by atoms with Gasteiger partial charge in [0.15, 0.2) is 0 Å². The summed E-state index contributed by atoms with van der Waals surface area (Å²) in [6.07, 6.45) is 2.22. The van der Waals surface area contributed by atoms with E-state index in [0.29, 0.717) is 0 Å². The van der Waals surface area contributed by atoms with E-state index in [9.17, 15) is 0 Å². The van der Waals surface area contributed by atoms with Crippen LogP contribution in [0.2, 0.25) is 0 Å². The Balaban J connectivity index is 2.83. The van der Waals surface area contributed by atoms with Crippen molar-refractivity contribution in [1.82, 2.24) is 5.32 Å². The van der Waals surface area contributed by atoms with Gasteiger partial charge in [-0.25, -0.2) is 0 Å². The molecule has 0 rings (SSSR count). The van der Waals surface area contributed by atoms with E-state index in [1.165, 1.54) is 0 Å². The van der Waals surface area contributed by atoms with Gasteiger partial charge in [0.05, 0.1) is 0 Å². The first-order valence-corrected chi connectivity index (χ1v) is 2.74. The molecule has 0 bridgehead atoms. The Kier molecular flexibility index (Phi) is 4.10. The lowest BCUT2D eigenvalue weighted by Gasteiger charge is -2.04. The van der Waals surface area contributed by atoms with Gasteiger partial charge < -0.3 is 5.32 Å². The zero-order valence-corrected chi connectivity index (χ0v) is 5.07. The van der Waals surface area contributed by atoms with Crippen molar-refractivity contribution in [1.29, 1.82) is 0 Å². The second-order valence-electron chi connectivity index (χ2n) is 1.68. The molecule has 0 aromatic carbocycles. The van der Waals surface area contributed by atoms with E-state index in [-0.39, 0.29) is 6.04 Å². The lowest BCUT2D eigenvalue weighted by atomic mass is 10.2. The Bertz CT molecular complexity index is 35.2. The van der Waals surface area contributed by atoms with E-state index in [0.717, 1.165) is 12.8 Å². The summed E-state index contributed by atoms with van der Waals surface area (Å²) in [6, 6.07) is 0.199. The van der Waals surface area contributed by atoms with Crippen LogP contribution in [0, 0.1) is 6.92 Å². The van der Waals surface area contributed by atoms with Gasteiger partial charge in [0.2, 0.25) is 0 Å². The second-order valence-corrected chi connectivity index (χ2v) is 1.68. The highest BCUT2D eigenvalue weighted by molar-refractivity contribution is 4.63. The number of nitrogens with one attached hydrogen (secondary N) is 1. The molecule has 7 heavy (non-hydrogen) atoms. The normalized spacial score (nSPS) is 14.1. The van der Waals surface area contributed by atoms with E-state index in [1.54, 1.807) is 0 Å². The first-order valence-electron chi connectivity index (χ1n) is 2.74. The smallest absolute Gasteiger partial charge is 0.00989 e. The van der Waals surface area contributed by atoms with Crippen molar-refractivity contribution in [2.45, 2.75) is 25.8 Å². The maximum atomic E-state index is 5.47. The molecule has 1 nitrogen and oxygen atoms in total. The average Bonchev–Trinajstić information content (AvgIpc) is 1.68. The van der Waals surface area contributed by atoms with Crippen LogP contribution < -0.4 is 5.32 Å². The highest BCUT2D eigenvalue weighted by Gasteiger charge is 1.91. The van der Waals surface area contributed by atoms with E-state index in [4.69, 9.17) is 6.92 Å². The topological polar surface area (TPSA) is 12.0 Å². The highest BCUT2D eigenvalue weighted by atomic mass is 14.8. The summed E-state index contributed by atoms with van der Waals surface area (Å²) in [6.45, 7) is 7.59. The van der Waals surface area contributed by atoms with E-state index < -0.39 is 0 Å². The molecule has 0 aromatic heterocycles. The number of hydrogen-bond donors (Lipinski definition) is 1. The van der Waals surface area contributed by atoms with Crippen molar-refractivity contribution in [3.8, 4) is 0 Å². The molecule has 0 unspecified atom stereocenters. The molecule has 0 aliphatic carbocycles. The molecule has 42 valence electrons. The lowest BCUT2D eigenvalue weighted by Crippen LogP contribution is -2.20. The standard InChI is InChI=1S/C6H13N/c1-4-5-6(2)7-3/h2,6-7H,4-5H2,1,3H3/t6-/m1/s1. The molecular weight excluding hydrogens is 86.1 g/mol. The Morgan fingerprint density at radius 2 is 2.29 bits per heavy atom. The average molecular weight is 99.2 g/mol. The molecule has 0 saturated carbocycles. The van der Waals surface area contributed by atoms with Crippen LogP contribution in [0.25, 0.3) is 0 Å². The fraction of sp³-hybridized carbons (Fsp3) is 0.833. The van der Waals surface area contributed by atoms with Gasteiger partial charge in [-0.1, -0.05) is 13.3 Å². The van der Waals surface area contributed by atoms with Crippen molar-refractivity contribution in [3.63, 3.8) is 0 Å². The summed E-state index contributed by atoms with van der Waals surface area (Å²) in [5.41, 5.74) is 0. The summed E-state index contributed by atoms with van der Waals surface area (Å²) in [4.78, 5) is 0. The summed E-state index contributed by atoms with van der Waals surface area (Å²) in [5, 5.41) is 2.94. The fourth-order valence-corrected chi connectivity index (χ4v) is 0.455. The van der Waals surface area contributed by atoms with Gasteiger partial charge in [-0.3, -0.25) is 0 Å². The zero-order chi connectivity index (χ0) is 5.70. The van der Waals surface area contributed by atoms with Gasteiger partial charge in [0.25, 0.3) is 0 Å². The molecule has 0 spiro atoms. The summed E-state index contributed by atoms with van der Waals surface area (Å²) < 4.78 is 0. The van der Waals surface area contributed by atoms with Crippen molar-refractivity contribution in [2.24, 2.45) is 0 Å². The Morgan fingerprint density at radius 1 is 1.71 bits per heavy atom. The van der Waals surface area contributed by atoms with Crippen molar-refractivity contribution in [3.05, 3.63) is 6.92 Å². The largest absolute Gasteiger partial charge is 0.317 e. The van der Waals surface area contributed by atoms with Crippen molar-refractivity contribution in [2.75, 3.05) is 7.05 Å². The van der Waals surface area contributed by atoms with Gasteiger partial charge in [-0.05, 0) is 20.4 Å².